The molecule has 0 aromatic heterocycles. The molecule has 0 aromatic carbocycles. The Morgan fingerprint density at radius 2 is 2.05 bits per heavy atom. The number of carbonyl (C=O) groups is 1. The quantitative estimate of drug-likeness (QED) is 0.770. The van der Waals surface area contributed by atoms with E-state index in [0.717, 1.165) is 19.3 Å². The molecule has 2 aliphatic rings. The van der Waals surface area contributed by atoms with Gasteiger partial charge < -0.3 is 14.9 Å². The minimum absolute atomic E-state index is 0.0838. The lowest BCUT2D eigenvalue weighted by molar-refractivity contribution is -0.179. The highest BCUT2D eigenvalue weighted by atomic mass is 16.5. The Hall–Kier alpha value is -0.610. The number of fused-ring (bicyclic) bond motifs is 2. The Bertz CT molecular complexity index is 350. The smallest absolute Gasteiger partial charge is 0.308 e. The van der Waals surface area contributed by atoms with Gasteiger partial charge in [0, 0.05) is 12.8 Å². The van der Waals surface area contributed by atoms with Crippen molar-refractivity contribution in [1.82, 2.24) is 0 Å². The molecule has 0 heterocycles. The van der Waals surface area contributed by atoms with Crippen molar-refractivity contribution in [3.8, 4) is 0 Å². The van der Waals surface area contributed by atoms with E-state index in [0.29, 0.717) is 19.3 Å². The minimum Gasteiger partial charge on any atom is -0.462 e. The van der Waals surface area contributed by atoms with Crippen LogP contribution in [0.3, 0.4) is 0 Å². The number of esters is 1. The van der Waals surface area contributed by atoms with Gasteiger partial charge in [0.15, 0.2) is 0 Å². The second kappa shape index (κ2) is 5.06. The summed E-state index contributed by atoms with van der Waals surface area (Å²) in [5.74, 6) is -0.000385. The van der Waals surface area contributed by atoms with Crippen LogP contribution < -0.4 is 0 Å². The van der Waals surface area contributed by atoms with Crippen molar-refractivity contribution >= 4 is 5.97 Å². The fourth-order valence-corrected chi connectivity index (χ4v) is 3.82. The number of carbonyl (C=O) groups excluding carboxylic acids is 1. The molecule has 0 amide bonds. The Balaban J connectivity index is 1.99. The third-order valence-electron chi connectivity index (χ3n) is 4.61. The van der Waals surface area contributed by atoms with Gasteiger partial charge in [0.1, 0.15) is 6.10 Å². The molecule has 5 unspecified atom stereocenters. The second-order valence-electron chi connectivity index (χ2n) is 6.98. The first-order valence-corrected chi connectivity index (χ1v) is 7.38. The molecule has 4 heteroatoms. The molecule has 5 atom stereocenters. The van der Waals surface area contributed by atoms with Crippen LogP contribution in [0.25, 0.3) is 0 Å². The molecule has 0 saturated heterocycles. The Morgan fingerprint density at radius 1 is 1.37 bits per heavy atom. The summed E-state index contributed by atoms with van der Waals surface area (Å²) in [7, 11) is 0. The van der Waals surface area contributed by atoms with Crippen molar-refractivity contribution in [2.75, 3.05) is 0 Å². The zero-order chi connectivity index (χ0) is 14.3. The lowest BCUT2D eigenvalue weighted by Gasteiger charge is -2.50. The van der Waals surface area contributed by atoms with Crippen LogP contribution >= 0.6 is 0 Å². The Morgan fingerprint density at radius 3 is 2.63 bits per heavy atom. The van der Waals surface area contributed by atoms with Crippen LogP contribution in [0.4, 0.5) is 0 Å². The highest BCUT2D eigenvalue weighted by Gasteiger charge is 2.50. The first kappa shape index (κ1) is 14.8. The van der Waals surface area contributed by atoms with Gasteiger partial charge in [-0.05, 0) is 38.5 Å². The summed E-state index contributed by atoms with van der Waals surface area (Å²) in [4.78, 5) is 11.8. The molecule has 2 aliphatic carbocycles. The molecule has 0 aromatic rings. The summed E-state index contributed by atoms with van der Waals surface area (Å²) < 4.78 is 5.53. The summed E-state index contributed by atoms with van der Waals surface area (Å²) in [5, 5.41) is 20.7. The van der Waals surface area contributed by atoms with E-state index >= 15 is 0 Å². The molecular formula is C15H26O4. The van der Waals surface area contributed by atoms with E-state index in [9.17, 15) is 15.0 Å². The van der Waals surface area contributed by atoms with Gasteiger partial charge in [-0.1, -0.05) is 13.8 Å². The molecule has 0 spiro atoms. The maximum atomic E-state index is 11.8. The largest absolute Gasteiger partial charge is 0.462 e. The third kappa shape index (κ3) is 3.48. The maximum absolute atomic E-state index is 11.8. The van der Waals surface area contributed by atoms with Gasteiger partial charge in [-0.3, -0.25) is 4.79 Å². The average Bonchev–Trinajstić information content (AvgIpc) is 2.23. The Labute approximate surface area is 115 Å². The fraction of sp³-hybridized carbons (Fsp3) is 0.933. The highest BCUT2D eigenvalue weighted by Crippen LogP contribution is 2.47. The molecule has 110 valence electrons. The molecule has 4 nitrogen and oxygen atoms in total. The normalized spacial score (nSPS) is 43.6. The average molecular weight is 270 g/mol. The summed E-state index contributed by atoms with van der Waals surface area (Å²) in [6.07, 6.45) is 3.60. The minimum atomic E-state index is -0.870. The monoisotopic (exact) mass is 270 g/mol. The molecule has 19 heavy (non-hydrogen) atoms. The number of rotatable bonds is 3. The van der Waals surface area contributed by atoms with Gasteiger partial charge >= 0.3 is 5.97 Å². The molecular weight excluding hydrogens is 244 g/mol. The molecule has 2 N–H and O–H groups in total. The van der Waals surface area contributed by atoms with Gasteiger partial charge in [-0.25, -0.2) is 0 Å². The summed E-state index contributed by atoms with van der Waals surface area (Å²) in [6.45, 7) is 5.62. The third-order valence-corrected chi connectivity index (χ3v) is 4.61. The number of ether oxygens (including phenoxy) is 1. The second-order valence-corrected chi connectivity index (χ2v) is 6.98. The van der Waals surface area contributed by atoms with E-state index in [-0.39, 0.29) is 23.9 Å². The predicted molar refractivity (Wildman–Crippen MR) is 71.5 cm³/mol. The fourth-order valence-electron chi connectivity index (χ4n) is 3.82. The number of hydrogen-bond donors (Lipinski definition) is 2. The van der Waals surface area contributed by atoms with Gasteiger partial charge in [-0.15, -0.1) is 0 Å². The van der Waals surface area contributed by atoms with Crippen molar-refractivity contribution in [3.05, 3.63) is 0 Å². The topological polar surface area (TPSA) is 66.8 Å². The number of hydrogen-bond acceptors (Lipinski definition) is 4. The first-order chi connectivity index (χ1) is 8.73. The van der Waals surface area contributed by atoms with Crippen molar-refractivity contribution in [1.29, 1.82) is 0 Å². The van der Waals surface area contributed by atoms with Crippen molar-refractivity contribution < 1.29 is 19.7 Å². The zero-order valence-corrected chi connectivity index (χ0v) is 12.2. The summed E-state index contributed by atoms with van der Waals surface area (Å²) in [5.41, 5.74) is -1.66. The van der Waals surface area contributed by atoms with Crippen LogP contribution in [0.15, 0.2) is 0 Å². The van der Waals surface area contributed by atoms with Crippen molar-refractivity contribution in [2.24, 2.45) is 11.8 Å². The molecule has 0 radical (unpaired) electrons. The van der Waals surface area contributed by atoms with E-state index in [1.165, 1.54) is 0 Å². The van der Waals surface area contributed by atoms with Gasteiger partial charge in [0.05, 0.1) is 17.1 Å². The van der Waals surface area contributed by atoms with Crippen molar-refractivity contribution in [2.45, 2.75) is 76.6 Å². The first-order valence-electron chi connectivity index (χ1n) is 7.38. The molecule has 2 fully saturated rings. The van der Waals surface area contributed by atoms with E-state index in [2.05, 4.69) is 0 Å². The predicted octanol–water partition coefficient (Wildman–Crippen LogP) is 2.02. The molecule has 2 bridgehead atoms. The van der Waals surface area contributed by atoms with Gasteiger partial charge in [0.2, 0.25) is 0 Å². The molecule has 0 aliphatic heterocycles. The van der Waals surface area contributed by atoms with E-state index in [4.69, 9.17) is 4.74 Å². The van der Waals surface area contributed by atoms with Crippen LogP contribution in [0.5, 0.6) is 0 Å². The molecule has 2 rings (SSSR count). The highest BCUT2D eigenvalue weighted by molar-refractivity contribution is 5.72. The van der Waals surface area contributed by atoms with E-state index in [1.54, 1.807) is 6.92 Å². The van der Waals surface area contributed by atoms with E-state index < -0.39 is 11.2 Å². The summed E-state index contributed by atoms with van der Waals surface area (Å²) in [6, 6.07) is 0. The maximum Gasteiger partial charge on any atom is 0.308 e. The van der Waals surface area contributed by atoms with Crippen LogP contribution in [0.2, 0.25) is 0 Å². The number of aliphatic hydroxyl groups is 2. The lowest BCUT2D eigenvalue weighted by atomic mass is 9.63. The van der Waals surface area contributed by atoms with Crippen molar-refractivity contribution in [3.63, 3.8) is 0 Å². The van der Waals surface area contributed by atoms with Crippen LogP contribution in [-0.4, -0.2) is 33.5 Å². The zero-order valence-electron chi connectivity index (χ0n) is 12.2. The summed E-state index contributed by atoms with van der Waals surface area (Å²) >= 11 is 0. The van der Waals surface area contributed by atoms with Crippen LogP contribution in [0, 0.1) is 11.8 Å². The van der Waals surface area contributed by atoms with Gasteiger partial charge in [-0.2, -0.15) is 0 Å². The lowest BCUT2D eigenvalue weighted by Crippen LogP contribution is -2.53. The van der Waals surface area contributed by atoms with E-state index in [1.807, 2.05) is 13.8 Å². The Kier molecular flexibility index (Phi) is 3.94. The van der Waals surface area contributed by atoms with Gasteiger partial charge in [0.25, 0.3) is 0 Å². The standard InChI is InChI=1S/C15H26O4/c1-4-10(2)13(16)19-12-5-11-6-14(3,17)9-15(18,7-11)8-12/h10-12,17-18H,4-9H2,1-3H3. The van der Waals surface area contributed by atoms with Crippen LogP contribution in [-0.2, 0) is 9.53 Å². The SMILES string of the molecule is CCC(C)C(=O)OC1CC2CC(C)(O)CC(O)(C2)C1. The molecule has 2 saturated carbocycles. The van der Waals surface area contributed by atoms with Crippen LogP contribution in [0.1, 0.15) is 59.3 Å².